The minimum absolute atomic E-state index is 0.0255. The van der Waals surface area contributed by atoms with E-state index in [2.05, 4.69) is 0 Å². The van der Waals surface area contributed by atoms with E-state index in [1.807, 2.05) is 13.8 Å². The minimum Gasteiger partial charge on any atom is -0.462 e. The Balaban J connectivity index is 2.19. The molecule has 0 bridgehead atoms. The van der Waals surface area contributed by atoms with Crippen LogP contribution < -0.4 is 0 Å². The highest BCUT2D eigenvalue weighted by atomic mass is 16.6. The van der Waals surface area contributed by atoms with Crippen molar-refractivity contribution in [3.05, 3.63) is 0 Å². The van der Waals surface area contributed by atoms with Crippen molar-refractivity contribution in [3.8, 4) is 0 Å². The third-order valence-electron chi connectivity index (χ3n) is 3.40. The maximum absolute atomic E-state index is 10.9. The molecule has 1 heterocycles. The van der Waals surface area contributed by atoms with Gasteiger partial charge in [-0.05, 0) is 12.8 Å². The monoisotopic (exact) mass is 170 g/mol. The summed E-state index contributed by atoms with van der Waals surface area (Å²) in [7, 11) is 0. The molecule has 1 aliphatic carbocycles. The van der Waals surface area contributed by atoms with Crippen LogP contribution in [0.5, 0.6) is 0 Å². The van der Waals surface area contributed by atoms with E-state index in [1.54, 1.807) is 0 Å². The molecule has 1 N–H and O–H groups in total. The van der Waals surface area contributed by atoms with Crippen LogP contribution in [0.2, 0.25) is 0 Å². The van der Waals surface area contributed by atoms with Crippen LogP contribution in [-0.2, 0) is 9.53 Å². The molecule has 3 heteroatoms. The highest BCUT2D eigenvalue weighted by molar-refractivity contribution is 5.72. The third-order valence-corrected chi connectivity index (χ3v) is 3.40. The quantitative estimate of drug-likeness (QED) is 0.544. The van der Waals surface area contributed by atoms with Gasteiger partial charge in [-0.3, -0.25) is 4.79 Å². The molecule has 2 rings (SSSR count). The Morgan fingerprint density at radius 2 is 2.33 bits per heavy atom. The number of fused-ring (bicyclic) bond motifs is 1. The Morgan fingerprint density at radius 3 is 2.92 bits per heavy atom. The van der Waals surface area contributed by atoms with Crippen LogP contribution in [0.15, 0.2) is 0 Å². The molecule has 0 aromatic carbocycles. The number of carbonyl (C=O) groups is 1. The van der Waals surface area contributed by atoms with Crippen LogP contribution in [0.25, 0.3) is 0 Å². The van der Waals surface area contributed by atoms with E-state index in [9.17, 15) is 9.90 Å². The Kier molecular flexibility index (Phi) is 1.49. The maximum Gasteiger partial charge on any atom is 0.306 e. The molecule has 0 radical (unpaired) electrons. The molecule has 0 aromatic heterocycles. The van der Waals surface area contributed by atoms with E-state index in [0.717, 1.165) is 0 Å². The summed E-state index contributed by atoms with van der Waals surface area (Å²) in [6.45, 7) is 3.82. The van der Waals surface area contributed by atoms with Gasteiger partial charge in [-0.25, -0.2) is 0 Å². The third kappa shape index (κ3) is 0.959. The van der Waals surface area contributed by atoms with Crippen molar-refractivity contribution in [1.29, 1.82) is 0 Å². The summed E-state index contributed by atoms with van der Waals surface area (Å²) in [5, 5.41) is 9.86. The summed E-state index contributed by atoms with van der Waals surface area (Å²) >= 11 is 0. The average molecular weight is 170 g/mol. The lowest BCUT2D eigenvalue weighted by atomic mass is 9.88. The zero-order chi connectivity index (χ0) is 8.93. The number of carbonyl (C=O) groups excluding carboxylic acids is 1. The molecule has 1 saturated heterocycles. The summed E-state index contributed by atoms with van der Waals surface area (Å²) in [5.41, 5.74) is -0.643. The summed E-state index contributed by atoms with van der Waals surface area (Å²) in [5.74, 6) is 0.314. The number of hydrogen-bond donors (Lipinski definition) is 1. The molecule has 3 nitrogen and oxygen atoms in total. The Labute approximate surface area is 71.7 Å². The normalized spacial score (nSPS) is 52.2. The van der Waals surface area contributed by atoms with Crippen LogP contribution in [0.1, 0.15) is 26.7 Å². The Bertz CT molecular complexity index is 222. The van der Waals surface area contributed by atoms with Crippen LogP contribution in [0.3, 0.4) is 0 Å². The van der Waals surface area contributed by atoms with Gasteiger partial charge in [0.2, 0.25) is 0 Å². The molecule has 4 atom stereocenters. The molecule has 0 aromatic rings. The first-order valence-electron chi connectivity index (χ1n) is 4.42. The average Bonchev–Trinajstić information content (AvgIpc) is 2.35. The van der Waals surface area contributed by atoms with Gasteiger partial charge in [0.15, 0.2) is 0 Å². The lowest BCUT2D eigenvalue weighted by Gasteiger charge is -2.23. The lowest BCUT2D eigenvalue weighted by molar-refractivity contribution is -0.142. The van der Waals surface area contributed by atoms with E-state index in [4.69, 9.17) is 4.74 Å². The highest BCUT2D eigenvalue weighted by Crippen LogP contribution is 2.46. The second-order valence-corrected chi connectivity index (χ2v) is 4.25. The van der Waals surface area contributed by atoms with Crippen molar-refractivity contribution < 1.29 is 14.6 Å². The molecule has 0 spiro atoms. The number of esters is 1. The van der Waals surface area contributed by atoms with Crippen LogP contribution in [-0.4, -0.2) is 22.8 Å². The van der Waals surface area contributed by atoms with E-state index in [0.29, 0.717) is 12.8 Å². The van der Waals surface area contributed by atoms with Crippen molar-refractivity contribution in [2.45, 2.75) is 38.4 Å². The maximum atomic E-state index is 10.9. The van der Waals surface area contributed by atoms with E-state index in [-0.39, 0.29) is 23.9 Å². The van der Waals surface area contributed by atoms with Crippen LogP contribution in [0, 0.1) is 11.8 Å². The van der Waals surface area contributed by atoms with Crippen molar-refractivity contribution in [2.75, 3.05) is 0 Å². The van der Waals surface area contributed by atoms with Crippen molar-refractivity contribution in [2.24, 2.45) is 11.8 Å². The van der Waals surface area contributed by atoms with Gasteiger partial charge in [0.25, 0.3) is 0 Å². The van der Waals surface area contributed by atoms with E-state index < -0.39 is 5.60 Å². The molecule has 0 amide bonds. The Morgan fingerprint density at radius 1 is 1.67 bits per heavy atom. The fraction of sp³-hybridized carbons (Fsp3) is 0.889. The second-order valence-electron chi connectivity index (χ2n) is 4.25. The number of rotatable bonds is 0. The molecule has 0 unspecified atom stereocenters. The Hall–Kier alpha value is -0.570. The highest BCUT2D eigenvalue weighted by Gasteiger charge is 2.53. The molecule has 2 aliphatic rings. The van der Waals surface area contributed by atoms with Gasteiger partial charge in [-0.2, -0.15) is 0 Å². The zero-order valence-electron chi connectivity index (χ0n) is 7.41. The predicted molar refractivity (Wildman–Crippen MR) is 42.4 cm³/mol. The van der Waals surface area contributed by atoms with Gasteiger partial charge in [0.1, 0.15) is 6.10 Å². The fourth-order valence-electron chi connectivity index (χ4n) is 2.37. The van der Waals surface area contributed by atoms with Gasteiger partial charge < -0.3 is 9.84 Å². The molecular formula is C9H14O3. The van der Waals surface area contributed by atoms with E-state index in [1.165, 1.54) is 0 Å². The first-order chi connectivity index (χ1) is 5.50. The van der Waals surface area contributed by atoms with E-state index >= 15 is 0 Å². The minimum atomic E-state index is -0.643. The molecule has 1 aliphatic heterocycles. The zero-order valence-corrected chi connectivity index (χ0v) is 7.41. The van der Waals surface area contributed by atoms with Crippen molar-refractivity contribution in [1.82, 2.24) is 0 Å². The number of aliphatic hydroxyl groups is 1. The van der Waals surface area contributed by atoms with Gasteiger partial charge in [-0.15, -0.1) is 0 Å². The van der Waals surface area contributed by atoms with Gasteiger partial charge in [-0.1, -0.05) is 6.92 Å². The molecule has 12 heavy (non-hydrogen) atoms. The summed E-state index contributed by atoms with van der Waals surface area (Å²) < 4.78 is 5.09. The predicted octanol–water partition coefficient (Wildman–Crippen LogP) is 0.709. The topological polar surface area (TPSA) is 46.5 Å². The SMILES string of the molecule is C[C@H]1[C@H]2CC(=O)O[C@H]2C[C@@]1(C)O. The number of ether oxygens (including phenoxy) is 1. The molecule has 1 saturated carbocycles. The van der Waals surface area contributed by atoms with Gasteiger partial charge in [0.05, 0.1) is 12.0 Å². The number of hydrogen-bond acceptors (Lipinski definition) is 3. The van der Waals surface area contributed by atoms with Gasteiger partial charge in [0, 0.05) is 12.3 Å². The first kappa shape index (κ1) is 8.05. The molecule has 2 fully saturated rings. The second kappa shape index (κ2) is 2.22. The largest absolute Gasteiger partial charge is 0.462 e. The van der Waals surface area contributed by atoms with Crippen LogP contribution >= 0.6 is 0 Å². The van der Waals surface area contributed by atoms with Crippen LogP contribution in [0.4, 0.5) is 0 Å². The van der Waals surface area contributed by atoms with Gasteiger partial charge >= 0.3 is 5.97 Å². The first-order valence-corrected chi connectivity index (χ1v) is 4.42. The summed E-state index contributed by atoms with van der Waals surface area (Å²) in [6.07, 6.45) is 1.06. The van der Waals surface area contributed by atoms with Crippen molar-refractivity contribution in [3.63, 3.8) is 0 Å². The summed E-state index contributed by atoms with van der Waals surface area (Å²) in [6, 6.07) is 0. The smallest absolute Gasteiger partial charge is 0.306 e. The van der Waals surface area contributed by atoms with Crippen molar-refractivity contribution >= 4 is 5.97 Å². The molecule has 68 valence electrons. The molecular weight excluding hydrogens is 156 g/mol. The fourth-order valence-corrected chi connectivity index (χ4v) is 2.37. The summed E-state index contributed by atoms with van der Waals surface area (Å²) in [4.78, 5) is 10.9. The standard InChI is InChI=1S/C9H14O3/c1-5-6-3-8(10)12-7(6)4-9(5,2)11/h5-7,11H,3-4H2,1-2H3/t5-,6+,7-,9+/m0/s1. The lowest BCUT2D eigenvalue weighted by Crippen LogP contribution is -2.30.